The number of sulfonamides is 1. The fourth-order valence-corrected chi connectivity index (χ4v) is 3.69. The first kappa shape index (κ1) is 23.2. The molecule has 0 aliphatic rings. The van der Waals surface area contributed by atoms with Crippen molar-refractivity contribution in [1.29, 1.82) is 5.26 Å². The first-order valence-corrected chi connectivity index (χ1v) is 10.3. The van der Waals surface area contributed by atoms with Crippen LogP contribution in [0.15, 0.2) is 59.1 Å². The number of para-hydroxylation sites is 2. The number of carbonyl (C=O) groups excluding carboxylic acids is 1. The Morgan fingerprint density at radius 3 is 2.45 bits per heavy atom. The minimum atomic E-state index is -4.26. The Kier molecular flexibility index (Phi) is 7.59. The highest BCUT2D eigenvalue weighted by atomic mass is 32.2. The Morgan fingerprint density at radius 2 is 1.87 bits per heavy atom. The van der Waals surface area contributed by atoms with Crippen molar-refractivity contribution in [1.82, 2.24) is 0 Å². The minimum Gasteiger partial charge on any atom is -0.495 e. The summed E-state index contributed by atoms with van der Waals surface area (Å²) in [5.41, 5.74) is -0.224. The van der Waals surface area contributed by atoms with Gasteiger partial charge < -0.3 is 19.9 Å². The summed E-state index contributed by atoms with van der Waals surface area (Å²) < 4.78 is 38.1. The van der Waals surface area contributed by atoms with Crippen molar-refractivity contribution < 1.29 is 32.6 Å². The molecule has 0 aromatic heterocycles. The molecule has 0 amide bonds. The number of carboxylic acids is 1. The number of nitriles is 1. The molecule has 0 spiro atoms. The van der Waals surface area contributed by atoms with E-state index in [-0.39, 0.29) is 39.8 Å². The van der Waals surface area contributed by atoms with Gasteiger partial charge in [-0.1, -0.05) is 12.1 Å². The third-order valence-corrected chi connectivity index (χ3v) is 5.25. The molecule has 0 radical (unpaired) electrons. The number of rotatable bonds is 9. The molecule has 0 heterocycles. The molecule has 2 rings (SSSR count). The second kappa shape index (κ2) is 10.1. The monoisotopic (exact) mass is 445 g/mol. The third-order valence-electron chi connectivity index (χ3n) is 3.86. The summed E-state index contributed by atoms with van der Waals surface area (Å²) in [7, 11) is -3.00. The molecule has 2 aromatic rings. The van der Waals surface area contributed by atoms with Gasteiger partial charge in [-0.05, 0) is 37.3 Å². The molecule has 0 bridgehead atoms. The maximum Gasteiger partial charge on any atom is 0.350 e. The van der Waals surface area contributed by atoms with E-state index in [1.54, 1.807) is 25.1 Å². The largest absolute Gasteiger partial charge is 0.495 e. The van der Waals surface area contributed by atoms with E-state index in [4.69, 9.17) is 19.8 Å². The lowest BCUT2D eigenvalue weighted by atomic mass is 10.2. The van der Waals surface area contributed by atoms with Gasteiger partial charge in [0.2, 0.25) is 0 Å². The van der Waals surface area contributed by atoms with Crippen LogP contribution in [0.2, 0.25) is 0 Å². The number of esters is 1. The zero-order valence-corrected chi connectivity index (χ0v) is 17.4. The molecule has 162 valence electrons. The van der Waals surface area contributed by atoms with Crippen LogP contribution in [0.4, 0.5) is 11.4 Å². The van der Waals surface area contributed by atoms with Crippen LogP contribution in [-0.2, 0) is 19.6 Å². The number of hydrogen-bond donors (Lipinski definition) is 3. The number of hydrogen-bond acceptors (Lipinski definition) is 8. The lowest BCUT2D eigenvalue weighted by Crippen LogP contribution is -2.16. The van der Waals surface area contributed by atoms with E-state index in [1.165, 1.54) is 31.4 Å². The van der Waals surface area contributed by atoms with Gasteiger partial charge in [-0.3, -0.25) is 4.72 Å². The summed E-state index contributed by atoms with van der Waals surface area (Å²) in [6.45, 7) is 1.68. The molecule has 0 fully saturated rings. The van der Waals surface area contributed by atoms with Gasteiger partial charge in [-0.15, -0.1) is 0 Å². The molecule has 0 aliphatic carbocycles. The normalized spacial score (nSPS) is 11.2. The van der Waals surface area contributed by atoms with Crippen molar-refractivity contribution in [2.75, 3.05) is 23.8 Å². The number of ether oxygens (including phenoxy) is 2. The van der Waals surface area contributed by atoms with E-state index in [1.807, 2.05) is 0 Å². The predicted octanol–water partition coefficient (Wildman–Crippen LogP) is 2.58. The molecule has 31 heavy (non-hydrogen) atoms. The summed E-state index contributed by atoms with van der Waals surface area (Å²) in [5, 5.41) is 21.0. The zero-order valence-electron chi connectivity index (χ0n) is 16.6. The molecule has 0 saturated heterocycles. The van der Waals surface area contributed by atoms with E-state index in [0.29, 0.717) is 0 Å². The van der Waals surface area contributed by atoms with Crippen molar-refractivity contribution in [3.63, 3.8) is 0 Å². The Bertz CT molecular complexity index is 1170. The molecular formula is C20H19N3O7S. The number of carbonyl (C=O) groups is 2. The SMILES string of the molecule is CCOC(=O)/C(C#N)=C/Nc1ccccc1NS(=O)(=O)c1cc(C(=O)O)ccc1OC. The average Bonchev–Trinajstić information content (AvgIpc) is 2.74. The van der Waals surface area contributed by atoms with Crippen LogP contribution in [-0.4, -0.2) is 39.2 Å². The van der Waals surface area contributed by atoms with Crippen LogP contribution in [0.3, 0.4) is 0 Å². The maximum absolute atomic E-state index is 12.9. The minimum absolute atomic E-state index is 0.0445. The van der Waals surface area contributed by atoms with E-state index in [2.05, 4.69) is 10.0 Å². The standard InChI is InChI=1S/C20H19N3O7S/c1-3-30-20(26)14(11-21)12-22-15-6-4-5-7-16(15)23-31(27,28)18-10-13(19(24)25)8-9-17(18)29-2/h4-10,12,22-23H,3H2,1-2H3,(H,24,25)/b14-12+. The fourth-order valence-electron chi connectivity index (χ4n) is 2.41. The van der Waals surface area contributed by atoms with Crippen LogP contribution in [0, 0.1) is 11.3 Å². The first-order chi connectivity index (χ1) is 14.7. The van der Waals surface area contributed by atoms with Crippen LogP contribution in [0.5, 0.6) is 5.75 Å². The van der Waals surface area contributed by atoms with Gasteiger partial charge in [0.1, 0.15) is 16.7 Å². The molecule has 10 nitrogen and oxygen atoms in total. The van der Waals surface area contributed by atoms with Crippen LogP contribution in [0.25, 0.3) is 0 Å². The summed E-state index contributed by atoms with van der Waals surface area (Å²) in [4.78, 5) is 22.6. The number of nitrogens with zero attached hydrogens (tertiary/aromatic N) is 1. The highest BCUT2D eigenvalue weighted by Crippen LogP contribution is 2.29. The topological polar surface area (TPSA) is 155 Å². The second-order valence-electron chi connectivity index (χ2n) is 5.86. The van der Waals surface area contributed by atoms with Crippen molar-refractivity contribution in [3.05, 3.63) is 59.8 Å². The van der Waals surface area contributed by atoms with Gasteiger partial charge in [0, 0.05) is 6.20 Å². The fraction of sp³-hybridized carbons (Fsp3) is 0.150. The van der Waals surface area contributed by atoms with Crippen molar-refractivity contribution in [3.8, 4) is 11.8 Å². The molecule has 2 aromatic carbocycles. The van der Waals surface area contributed by atoms with E-state index in [0.717, 1.165) is 12.3 Å². The Balaban J connectivity index is 2.40. The molecule has 11 heteroatoms. The van der Waals surface area contributed by atoms with Gasteiger partial charge in [-0.2, -0.15) is 5.26 Å². The smallest absolute Gasteiger partial charge is 0.350 e. The van der Waals surface area contributed by atoms with Gasteiger partial charge >= 0.3 is 11.9 Å². The van der Waals surface area contributed by atoms with Gasteiger partial charge in [-0.25, -0.2) is 18.0 Å². The number of aromatic carboxylic acids is 1. The van der Waals surface area contributed by atoms with Crippen molar-refractivity contribution >= 4 is 33.3 Å². The second-order valence-corrected chi connectivity index (χ2v) is 7.51. The zero-order chi connectivity index (χ0) is 23.0. The van der Waals surface area contributed by atoms with Gasteiger partial charge in [0.25, 0.3) is 10.0 Å². The number of benzene rings is 2. The summed E-state index contributed by atoms with van der Waals surface area (Å²) >= 11 is 0. The molecule has 0 unspecified atom stereocenters. The molecular weight excluding hydrogens is 426 g/mol. The van der Waals surface area contributed by atoms with E-state index in [9.17, 15) is 18.0 Å². The Morgan fingerprint density at radius 1 is 1.19 bits per heavy atom. The van der Waals surface area contributed by atoms with Crippen LogP contribution >= 0.6 is 0 Å². The summed E-state index contributed by atoms with van der Waals surface area (Å²) in [5.74, 6) is -2.17. The van der Waals surface area contributed by atoms with Gasteiger partial charge in [0.15, 0.2) is 5.57 Å². The summed E-state index contributed by atoms with van der Waals surface area (Å²) in [6.07, 6.45) is 1.09. The van der Waals surface area contributed by atoms with E-state index < -0.39 is 22.0 Å². The van der Waals surface area contributed by atoms with E-state index >= 15 is 0 Å². The summed E-state index contributed by atoms with van der Waals surface area (Å²) in [6, 6.07) is 11.3. The van der Waals surface area contributed by atoms with Crippen molar-refractivity contribution in [2.24, 2.45) is 0 Å². The molecule has 0 aliphatic heterocycles. The Labute approximate surface area is 178 Å². The van der Waals surface area contributed by atoms with Crippen LogP contribution < -0.4 is 14.8 Å². The number of methoxy groups -OCH3 is 1. The number of carboxylic acid groups (broad SMARTS) is 1. The average molecular weight is 445 g/mol. The third kappa shape index (κ3) is 5.74. The lowest BCUT2D eigenvalue weighted by Gasteiger charge is -2.15. The lowest BCUT2D eigenvalue weighted by molar-refractivity contribution is -0.138. The highest BCUT2D eigenvalue weighted by Gasteiger charge is 2.23. The highest BCUT2D eigenvalue weighted by molar-refractivity contribution is 7.92. The molecule has 0 saturated carbocycles. The predicted molar refractivity (Wildman–Crippen MR) is 111 cm³/mol. The maximum atomic E-state index is 12.9. The quantitative estimate of drug-likeness (QED) is 0.300. The van der Waals surface area contributed by atoms with Crippen LogP contribution in [0.1, 0.15) is 17.3 Å². The Hall–Kier alpha value is -4.04. The number of nitrogens with one attached hydrogen (secondary N) is 2. The number of anilines is 2. The first-order valence-electron chi connectivity index (χ1n) is 8.80. The van der Waals surface area contributed by atoms with Crippen molar-refractivity contribution in [2.45, 2.75) is 11.8 Å². The molecule has 0 atom stereocenters. The molecule has 3 N–H and O–H groups in total. The van der Waals surface area contributed by atoms with Gasteiger partial charge in [0.05, 0.1) is 30.7 Å².